The molecular formula is C9H17NO4. The van der Waals surface area contributed by atoms with E-state index in [4.69, 9.17) is 0 Å². The predicted molar refractivity (Wildman–Crippen MR) is 50.8 cm³/mol. The summed E-state index contributed by atoms with van der Waals surface area (Å²) in [7, 11) is 2.52. The van der Waals surface area contributed by atoms with Crippen LogP contribution in [0.4, 0.5) is 4.79 Å². The van der Waals surface area contributed by atoms with E-state index in [1.54, 1.807) is 6.92 Å². The second-order valence-corrected chi connectivity index (χ2v) is 3.47. The van der Waals surface area contributed by atoms with Gasteiger partial charge in [-0.05, 0) is 12.8 Å². The SMILES string of the molecule is COC(=O)N[C@](C)(C(=O)OC)C(C)C. The van der Waals surface area contributed by atoms with Crippen LogP contribution in [0.5, 0.6) is 0 Å². The minimum absolute atomic E-state index is 0.0888. The van der Waals surface area contributed by atoms with Crippen molar-refractivity contribution in [3.8, 4) is 0 Å². The molecule has 1 N–H and O–H groups in total. The molecule has 0 spiro atoms. The third-order valence-corrected chi connectivity index (χ3v) is 2.31. The van der Waals surface area contributed by atoms with Gasteiger partial charge in [-0.15, -0.1) is 0 Å². The molecule has 0 rings (SSSR count). The lowest BCUT2D eigenvalue weighted by Gasteiger charge is -2.30. The van der Waals surface area contributed by atoms with Gasteiger partial charge in [-0.25, -0.2) is 9.59 Å². The summed E-state index contributed by atoms with van der Waals surface area (Å²) in [4.78, 5) is 22.4. The van der Waals surface area contributed by atoms with Gasteiger partial charge in [0.1, 0.15) is 5.54 Å². The Morgan fingerprint density at radius 1 is 1.21 bits per heavy atom. The molecule has 0 heterocycles. The number of amides is 1. The number of rotatable bonds is 3. The molecule has 14 heavy (non-hydrogen) atoms. The van der Waals surface area contributed by atoms with Crippen LogP contribution in [-0.2, 0) is 14.3 Å². The molecule has 1 atom stereocenters. The van der Waals surface area contributed by atoms with Crippen LogP contribution in [0.1, 0.15) is 20.8 Å². The van der Waals surface area contributed by atoms with E-state index in [0.29, 0.717) is 0 Å². The van der Waals surface area contributed by atoms with E-state index in [0.717, 1.165) is 0 Å². The van der Waals surface area contributed by atoms with E-state index in [2.05, 4.69) is 14.8 Å². The topological polar surface area (TPSA) is 64.6 Å². The second-order valence-electron chi connectivity index (χ2n) is 3.47. The summed E-state index contributed by atoms with van der Waals surface area (Å²) in [6.07, 6.45) is -0.647. The fourth-order valence-corrected chi connectivity index (χ4v) is 0.906. The van der Waals surface area contributed by atoms with Crippen LogP contribution in [0.25, 0.3) is 0 Å². The monoisotopic (exact) mass is 203 g/mol. The van der Waals surface area contributed by atoms with Gasteiger partial charge in [0.2, 0.25) is 0 Å². The lowest BCUT2D eigenvalue weighted by molar-refractivity contribution is -0.149. The van der Waals surface area contributed by atoms with Gasteiger partial charge in [0.05, 0.1) is 14.2 Å². The average molecular weight is 203 g/mol. The predicted octanol–water partition coefficient (Wildman–Crippen LogP) is 0.930. The van der Waals surface area contributed by atoms with E-state index in [1.165, 1.54) is 14.2 Å². The molecule has 5 nitrogen and oxygen atoms in total. The minimum atomic E-state index is -1.05. The maximum atomic E-state index is 11.4. The van der Waals surface area contributed by atoms with Crippen LogP contribution in [0.2, 0.25) is 0 Å². The molecule has 0 saturated heterocycles. The second kappa shape index (κ2) is 4.83. The van der Waals surface area contributed by atoms with Gasteiger partial charge < -0.3 is 14.8 Å². The van der Waals surface area contributed by atoms with Gasteiger partial charge >= 0.3 is 12.1 Å². The van der Waals surface area contributed by atoms with Crippen molar-refractivity contribution < 1.29 is 19.1 Å². The molecule has 0 aliphatic rings. The number of hydrogen-bond donors (Lipinski definition) is 1. The van der Waals surface area contributed by atoms with Gasteiger partial charge in [0.15, 0.2) is 0 Å². The standard InChI is InChI=1S/C9H17NO4/c1-6(2)9(3,7(11)13-4)10-8(12)14-5/h6H,1-5H3,(H,10,12)/t9-/m0/s1. The summed E-state index contributed by atoms with van der Waals surface area (Å²) in [6, 6.07) is 0. The van der Waals surface area contributed by atoms with Crippen molar-refractivity contribution in [3.63, 3.8) is 0 Å². The Morgan fingerprint density at radius 3 is 2.00 bits per heavy atom. The third kappa shape index (κ3) is 2.61. The summed E-state index contributed by atoms with van der Waals surface area (Å²) in [5.41, 5.74) is -1.05. The lowest BCUT2D eigenvalue weighted by atomic mass is 9.89. The van der Waals surface area contributed by atoms with Crippen molar-refractivity contribution in [1.82, 2.24) is 5.32 Å². The Labute approximate surface area is 83.8 Å². The van der Waals surface area contributed by atoms with Crippen molar-refractivity contribution in [2.75, 3.05) is 14.2 Å². The van der Waals surface area contributed by atoms with Crippen LogP contribution >= 0.6 is 0 Å². The smallest absolute Gasteiger partial charge is 0.407 e. The summed E-state index contributed by atoms with van der Waals surface area (Å²) in [5.74, 6) is -0.577. The van der Waals surface area contributed by atoms with Gasteiger partial charge in [0, 0.05) is 0 Å². The largest absolute Gasteiger partial charge is 0.467 e. The van der Waals surface area contributed by atoms with Crippen molar-refractivity contribution in [2.24, 2.45) is 5.92 Å². The first-order chi connectivity index (χ1) is 6.38. The fourth-order valence-electron chi connectivity index (χ4n) is 0.906. The van der Waals surface area contributed by atoms with E-state index < -0.39 is 17.6 Å². The molecule has 0 aliphatic heterocycles. The summed E-state index contributed by atoms with van der Waals surface area (Å²) in [5, 5.41) is 2.46. The number of esters is 1. The zero-order valence-electron chi connectivity index (χ0n) is 9.21. The van der Waals surface area contributed by atoms with Crippen LogP contribution in [0, 0.1) is 5.92 Å². The first-order valence-corrected chi connectivity index (χ1v) is 4.33. The summed E-state index contributed by atoms with van der Waals surface area (Å²) >= 11 is 0. The normalized spacial score (nSPS) is 14.4. The Hall–Kier alpha value is -1.26. The summed E-state index contributed by atoms with van der Waals surface area (Å²) < 4.78 is 9.05. The molecular weight excluding hydrogens is 186 g/mol. The molecule has 0 aromatic rings. The first-order valence-electron chi connectivity index (χ1n) is 4.33. The number of carbonyl (C=O) groups is 2. The van der Waals surface area contributed by atoms with Crippen molar-refractivity contribution in [2.45, 2.75) is 26.3 Å². The Kier molecular flexibility index (Phi) is 4.40. The van der Waals surface area contributed by atoms with Crippen LogP contribution < -0.4 is 5.32 Å². The molecule has 0 aromatic heterocycles. The molecule has 1 amide bonds. The van der Waals surface area contributed by atoms with E-state index >= 15 is 0 Å². The van der Waals surface area contributed by atoms with Crippen LogP contribution in [-0.4, -0.2) is 31.8 Å². The number of carbonyl (C=O) groups excluding carboxylic acids is 2. The zero-order chi connectivity index (χ0) is 11.4. The van der Waals surface area contributed by atoms with Crippen molar-refractivity contribution in [3.05, 3.63) is 0 Å². The van der Waals surface area contributed by atoms with Gasteiger partial charge in [0.25, 0.3) is 0 Å². The highest BCUT2D eigenvalue weighted by molar-refractivity contribution is 5.85. The van der Waals surface area contributed by atoms with E-state index in [-0.39, 0.29) is 5.92 Å². The first kappa shape index (κ1) is 12.7. The fraction of sp³-hybridized carbons (Fsp3) is 0.778. The molecule has 0 aromatic carbocycles. The highest BCUT2D eigenvalue weighted by atomic mass is 16.5. The zero-order valence-corrected chi connectivity index (χ0v) is 9.21. The minimum Gasteiger partial charge on any atom is -0.467 e. The highest BCUT2D eigenvalue weighted by Crippen LogP contribution is 2.18. The molecule has 0 unspecified atom stereocenters. The molecule has 0 fully saturated rings. The maximum Gasteiger partial charge on any atom is 0.407 e. The molecule has 0 radical (unpaired) electrons. The van der Waals surface area contributed by atoms with Crippen molar-refractivity contribution in [1.29, 1.82) is 0 Å². The Morgan fingerprint density at radius 2 is 1.71 bits per heavy atom. The van der Waals surface area contributed by atoms with Gasteiger partial charge in [-0.2, -0.15) is 0 Å². The number of methoxy groups -OCH3 is 2. The van der Waals surface area contributed by atoms with E-state index in [9.17, 15) is 9.59 Å². The third-order valence-electron chi connectivity index (χ3n) is 2.31. The Balaban J connectivity index is 4.73. The number of nitrogens with one attached hydrogen (secondary N) is 1. The molecule has 5 heteroatoms. The maximum absolute atomic E-state index is 11.4. The lowest BCUT2D eigenvalue weighted by Crippen LogP contribution is -2.56. The quantitative estimate of drug-likeness (QED) is 0.693. The average Bonchev–Trinajstić information content (AvgIpc) is 2.15. The molecule has 82 valence electrons. The Bertz CT molecular complexity index is 227. The van der Waals surface area contributed by atoms with Crippen LogP contribution in [0.15, 0.2) is 0 Å². The van der Waals surface area contributed by atoms with Gasteiger partial charge in [-0.1, -0.05) is 13.8 Å². The number of alkyl carbamates (subject to hydrolysis) is 1. The summed E-state index contributed by atoms with van der Waals surface area (Å²) in [6.45, 7) is 5.22. The van der Waals surface area contributed by atoms with E-state index in [1.807, 2.05) is 13.8 Å². The number of ether oxygens (including phenoxy) is 2. The van der Waals surface area contributed by atoms with Gasteiger partial charge in [-0.3, -0.25) is 0 Å². The molecule has 0 saturated carbocycles. The highest BCUT2D eigenvalue weighted by Gasteiger charge is 2.39. The molecule has 0 aliphatic carbocycles. The van der Waals surface area contributed by atoms with Crippen molar-refractivity contribution >= 4 is 12.1 Å². The molecule has 0 bridgehead atoms. The number of hydrogen-bond acceptors (Lipinski definition) is 4. The van der Waals surface area contributed by atoms with Crippen LogP contribution in [0.3, 0.4) is 0 Å².